The summed E-state index contributed by atoms with van der Waals surface area (Å²) in [6.07, 6.45) is 4.96. The van der Waals surface area contributed by atoms with Gasteiger partial charge < -0.3 is 10.2 Å². The molecule has 3 rings (SSSR count). The first-order valence-corrected chi connectivity index (χ1v) is 6.68. The Labute approximate surface area is 108 Å². The number of rotatable bonds is 3. The molecule has 3 nitrogen and oxygen atoms in total. The number of nitrogens with zero attached hydrogens (tertiary/aromatic N) is 2. The minimum absolute atomic E-state index is 1.12. The molecule has 18 heavy (non-hydrogen) atoms. The smallest absolute Gasteiger partial charge is 0.0346 e. The number of nitrogens with one attached hydrogen (secondary N) is 1. The summed E-state index contributed by atoms with van der Waals surface area (Å²) in [7, 11) is 0. The van der Waals surface area contributed by atoms with Crippen molar-refractivity contribution in [2.75, 3.05) is 32.7 Å². The molecule has 94 valence electrons. The second-order valence-corrected chi connectivity index (χ2v) is 4.86. The van der Waals surface area contributed by atoms with Gasteiger partial charge in [0.15, 0.2) is 0 Å². The lowest BCUT2D eigenvalue weighted by Gasteiger charge is -2.27. The molecule has 1 aliphatic heterocycles. The third-order valence-electron chi connectivity index (χ3n) is 3.68. The van der Waals surface area contributed by atoms with Gasteiger partial charge in [-0.05, 0) is 23.4 Å². The Morgan fingerprint density at radius 1 is 1.17 bits per heavy atom. The zero-order valence-electron chi connectivity index (χ0n) is 10.6. The van der Waals surface area contributed by atoms with E-state index in [-0.39, 0.29) is 0 Å². The van der Waals surface area contributed by atoms with Gasteiger partial charge in [-0.1, -0.05) is 18.2 Å². The highest BCUT2D eigenvalue weighted by molar-refractivity contribution is 5.84. The van der Waals surface area contributed by atoms with Gasteiger partial charge in [0, 0.05) is 50.5 Å². The molecule has 1 N–H and O–H groups in total. The van der Waals surface area contributed by atoms with Crippen LogP contribution in [-0.4, -0.2) is 42.6 Å². The lowest BCUT2D eigenvalue weighted by atomic mass is 10.0. The minimum atomic E-state index is 1.12. The van der Waals surface area contributed by atoms with Crippen LogP contribution in [0.15, 0.2) is 36.7 Å². The third kappa shape index (κ3) is 2.52. The van der Waals surface area contributed by atoms with Crippen LogP contribution in [0, 0.1) is 0 Å². The lowest BCUT2D eigenvalue weighted by molar-refractivity contribution is 0.244. The van der Waals surface area contributed by atoms with Crippen molar-refractivity contribution < 1.29 is 0 Å². The van der Waals surface area contributed by atoms with Crippen LogP contribution in [0.2, 0.25) is 0 Å². The molecule has 3 heteroatoms. The predicted molar refractivity (Wildman–Crippen MR) is 74.8 cm³/mol. The highest BCUT2D eigenvalue weighted by Gasteiger charge is 2.09. The monoisotopic (exact) mass is 241 g/mol. The van der Waals surface area contributed by atoms with E-state index in [4.69, 9.17) is 0 Å². The normalized spacial score (nSPS) is 17.1. The Morgan fingerprint density at radius 3 is 2.94 bits per heavy atom. The number of benzene rings is 1. The number of pyridine rings is 1. The van der Waals surface area contributed by atoms with Gasteiger partial charge in [-0.15, -0.1) is 0 Å². The second-order valence-electron chi connectivity index (χ2n) is 4.86. The highest BCUT2D eigenvalue weighted by Crippen LogP contribution is 2.18. The van der Waals surface area contributed by atoms with Gasteiger partial charge in [0.2, 0.25) is 0 Å². The van der Waals surface area contributed by atoms with Crippen LogP contribution in [0.5, 0.6) is 0 Å². The summed E-state index contributed by atoms with van der Waals surface area (Å²) in [5.41, 5.74) is 1.44. The topological polar surface area (TPSA) is 28.2 Å². The van der Waals surface area contributed by atoms with Crippen molar-refractivity contribution in [1.29, 1.82) is 0 Å². The fraction of sp³-hybridized carbons (Fsp3) is 0.400. The molecule has 0 radical (unpaired) electrons. The van der Waals surface area contributed by atoms with E-state index in [9.17, 15) is 0 Å². The Balaban J connectivity index is 1.74. The molecule has 1 saturated heterocycles. The van der Waals surface area contributed by atoms with Crippen molar-refractivity contribution in [2.24, 2.45) is 0 Å². The minimum Gasteiger partial charge on any atom is -0.314 e. The van der Waals surface area contributed by atoms with E-state index in [0.717, 1.165) is 26.1 Å². The zero-order valence-corrected chi connectivity index (χ0v) is 10.6. The van der Waals surface area contributed by atoms with Crippen LogP contribution >= 0.6 is 0 Å². The molecule has 2 aromatic rings. The zero-order chi connectivity index (χ0) is 12.2. The molecule has 0 aliphatic carbocycles. The van der Waals surface area contributed by atoms with Gasteiger partial charge in [-0.2, -0.15) is 0 Å². The molecule has 0 spiro atoms. The maximum Gasteiger partial charge on any atom is 0.0346 e. The Hall–Kier alpha value is -1.45. The maximum absolute atomic E-state index is 4.19. The Kier molecular flexibility index (Phi) is 3.53. The summed E-state index contributed by atoms with van der Waals surface area (Å²) in [5, 5.41) is 5.99. The molecule has 1 aromatic carbocycles. The Bertz CT molecular complexity index is 513. The van der Waals surface area contributed by atoms with Crippen LogP contribution in [0.25, 0.3) is 10.8 Å². The fourth-order valence-electron chi connectivity index (χ4n) is 2.62. The number of aromatic nitrogens is 1. The molecule has 0 unspecified atom stereocenters. The van der Waals surface area contributed by atoms with Gasteiger partial charge in [-0.25, -0.2) is 0 Å². The van der Waals surface area contributed by atoms with Crippen LogP contribution in [0.1, 0.15) is 5.56 Å². The standard InChI is InChI=1S/C15H19N3/c1-2-13(5-9-18-10-7-16-8-11-18)15-4-6-17-12-14(15)3-1/h1-4,6,12,16H,5,7-11H2. The quantitative estimate of drug-likeness (QED) is 0.886. The fourth-order valence-corrected chi connectivity index (χ4v) is 2.62. The number of piperazine rings is 1. The number of hydrogen-bond donors (Lipinski definition) is 1. The van der Waals surface area contributed by atoms with Gasteiger partial charge >= 0.3 is 0 Å². The van der Waals surface area contributed by atoms with E-state index in [0.29, 0.717) is 0 Å². The summed E-state index contributed by atoms with van der Waals surface area (Å²) in [4.78, 5) is 6.72. The molecular weight excluding hydrogens is 222 g/mol. The van der Waals surface area contributed by atoms with Crippen molar-refractivity contribution in [1.82, 2.24) is 15.2 Å². The molecule has 1 aliphatic rings. The summed E-state index contributed by atoms with van der Waals surface area (Å²) in [5.74, 6) is 0. The largest absolute Gasteiger partial charge is 0.314 e. The van der Waals surface area contributed by atoms with Crippen molar-refractivity contribution >= 4 is 10.8 Å². The van der Waals surface area contributed by atoms with E-state index in [1.165, 1.54) is 29.4 Å². The molecule has 1 aromatic heterocycles. The average molecular weight is 241 g/mol. The average Bonchev–Trinajstić information content (AvgIpc) is 2.46. The van der Waals surface area contributed by atoms with Crippen LogP contribution in [-0.2, 0) is 6.42 Å². The Morgan fingerprint density at radius 2 is 2.06 bits per heavy atom. The summed E-state index contributed by atoms with van der Waals surface area (Å²) < 4.78 is 0. The van der Waals surface area contributed by atoms with Crippen molar-refractivity contribution in [3.05, 3.63) is 42.2 Å². The van der Waals surface area contributed by atoms with E-state index in [2.05, 4.69) is 39.5 Å². The van der Waals surface area contributed by atoms with Gasteiger partial charge in [0.25, 0.3) is 0 Å². The van der Waals surface area contributed by atoms with Crippen LogP contribution in [0.4, 0.5) is 0 Å². The van der Waals surface area contributed by atoms with Gasteiger partial charge in [0.1, 0.15) is 0 Å². The van der Waals surface area contributed by atoms with Crippen molar-refractivity contribution in [2.45, 2.75) is 6.42 Å². The van der Waals surface area contributed by atoms with Crippen LogP contribution in [0.3, 0.4) is 0 Å². The number of fused-ring (bicyclic) bond motifs is 1. The van der Waals surface area contributed by atoms with E-state index in [1.807, 2.05) is 12.4 Å². The van der Waals surface area contributed by atoms with Crippen LogP contribution < -0.4 is 5.32 Å². The molecule has 0 amide bonds. The number of hydrogen-bond acceptors (Lipinski definition) is 3. The lowest BCUT2D eigenvalue weighted by Crippen LogP contribution is -2.44. The first kappa shape index (κ1) is 11.6. The van der Waals surface area contributed by atoms with E-state index < -0.39 is 0 Å². The summed E-state index contributed by atoms with van der Waals surface area (Å²) in [6, 6.07) is 8.64. The molecule has 0 atom stereocenters. The predicted octanol–water partition coefficient (Wildman–Crippen LogP) is 1.68. The maximum atomic E-state index is 4.19. The summed E-state index contributed by atoms with van der Waals surface area (Å²) >= 11 is 0. The van der Waals surface area contributed by atoms with E-state index >= 15 is 0 Å². The molecule has 0 saturated carbocycles. The second kappa shape index (κ2) is 5.46. The molecule has 0 bridgehead atoms. The third-order valence-corrected chi connectivity index (χ3v) is 3.68. The SMILES string of the molecule is c1cc(CCN2CCNCC2)c2ccncc2c1. The van der Waals surface area contributed by atoms with E-state index in [1.54, 1.807) is 0 Å². The van der Waals surface area contributed by atoms with Gasteiger partial charge in [0.05, 0.1) is 0 Å². The van der Waals surface area contributed by atoms with Crippen molar-refractivity contribution in [3.63, 3.8) is 0 Å². The van der Waals surface area contributed by atoms with Crippen molar-refractivity contribution in [3.8, 4) is 0 Å². The van der Waals surface area contributed by atoms with Gasteiger partial charge in [-0.3, -0.25) is 4.98 Å². The molecule has 2 heterocycles. The molecular formula is C15H19N3. The highest BCUT2D eigenvalue weighted by atomic mass is 15.2. The summed E-state index contributed by atoms with van der Waals surface area (Å²) in [6.45, 7) is 5.75. The first-order chi connectivity index (χ1) is 8.93. The molecule has 1 fully saturated rings. The first-order valence-electron chi connectivity index (χ1n) is 6.68.